The van der Waals surface area contributed by atoms with Crippen molar-refractivity contribution in [2.24, 2.45) is 5.41 Å². The van der Waals surface area contributed by atoms with Gasteiger partial charge in [0.15, 0.2) is 21.4 Å². The first-order valence-corrected chi connectivity index (χ1v) is 12.1. The van der Waals surface area contributed by atoms with E-state index < -0.39 is 38.2 Å². The Labute approximate surface area is 185 Å². The fourth-order valence-corrected chi connectivity index (χ4v) is 6.85. The quantitative estimate of drug-likeness (QED) is 0.641. The van der Waals surface area contributed by atoms with E-state index >= 15 is 4.39 Å². The number of nitrogens with zero attached hydrogens (tertiary/aromatic N) is 2. The molecule has 2 aromatic rings. The number of hydrogen-bond donors (Lipinski definition) is 0. The maximum atomic E-state index is 15.3. The molecule has 0 aliphatic carbocycles. The molecule has 1 aromatic heterocycles. The molecule has 170 valence electrons. The minimum absolute atomic E-state index is 0.0305. The molecule has 1 atom stereocenters. The number of anilines is 2. The van der Waals surface area contributed by atoms with E-state index in [1.54, 1.807) is 27.7 Å². The summed E-state index contributed by atoms with van der Waals surface area (Å²) in [7, 11) is -3.19. The number of fused-ring (bicyclic) bond motifs is 1. The van der Waals surface area contributed by atoms with Gasteiger partial charge in [-0.2, -0.15) is 0 Å². The normalized spacial score (nSPS) is 23.4. The zero-order valence-electron chi connectivity index (χ0n) is 18.3. The van der Waals surface area contributed by atoms with Crippen LogP contribution in [0.15, 0.2) is 24.4 Å². The third-order valence-electron chi connectivity index (χ3n) is 6.41. The van der Waals surface area contributed by atoms with Crippen LogP contribution in [0.4, 0.5) is 20.2 Å². The molecule has 1 fully saturated rings. The molecule has 1 saturated heterocycles. The first-order chi connectivity index (χ1) is 14.7. The third kappa shape index (κ3) is 3.62. The number of ketones is 1. The van der Waals surface area contributed by atoms with E-state index in [1.807, 2.05) is 0 Å². The maximum absolute atomic E-state index is 15.3. The minimum atomic E-state index is -3.19. The van der Waals surface area contributed by atoms with E-state index in [9.17, 15) is 22.4 Å². The topological polar surface area (TPSA) is 84.4 Å². The van der Waals surface area contributed by atoms with Crippen LogP contribution in [0.5, 0.6) is 0 Å². The average Bonchev–Trinajstić information content (AvgIpc) is 3.07. The van der Waals surface area contributed by atoms with Crippen LogP contribution in [-0.4, -0.2) is 36.6 Å². The Morgan fingerprint density at radius 3 is 2.47 bits per heavy atom. The number of Topliss-reactive ketones (excluding diaryl/α,β-unsaturated/α-hetero) is 1. The second-order valence-corrected chi connectivity index (χ2v) is 11.8. The Kier molecular flexibility index (Phi) is 5.04. The van der Waals surface area contributed by atoms with Crippen LogP contribution in [0.25, 0.3) is 0 Å². The molecule has 1 aromatic carbocycles. The number of halogens is 2. The highest BCUT2D eigenvalue weighted by atomic mass is 32.2. The molecule has 9 heteroatoms. The van der Waals surface area contributed by atoms with Gasteiger partial charge in [0.1, 0.15) is 5.82 Å². The lowest BCUT2D eigenvalue weighted by molar-refractivity contribution is -0.121. The van der Waals surface area contributed by atoms with Gasteiger partial charge in [0.2, 0.25) is 5.91 Å². The van der Waals surface area contributed by atoms with Crippen LogP contribution in [0.3, 0.4) is 0 Å². The van der Waals surface area contributed by atoms with Crippen LogP contribution < -0.4 is 4.90 Å². The summed E-state index contributed by atoms with van der Waals surface area (Å²) in [6.45, 7) is 6.57. The molecule has 1 amide bonds. The van der Waals surface area contributed by atoms with Gasteiger partial charge in [0, 0.05) is 17.7 Å². The third-order valence-corrected chi connectivity index (χ3v) is 8.37. The molecule has 3 heterocycles. The highest BCUT2D eigenvalue weighted by Gasteiger charge is 2.48. The van der Waals surface area contributed by atoms with Gasteiger partial charge in [-0.15, -0.1) is 0 Å². The van der Waals surface area contributed by atoms with Crippen molar-refractivity contribution >= 4 is 32.9 Å². The predicted octanol–water partition coefficient (Wildman–Crippen LogP) is 4.02. The lowest BCUT2D eigenvalue weighted by atomic mass is 9.81. The van der Waals surface area contributed by atoms with E-state index in [-0.39, 0.29) is 46.2 Å². The van der Waals surface area contributed by atoms with Gasteiger partial charge in [-0.05, 0) is 56.4 Å². The van der Waals surface area contributed by atoms with Crippen molar-refractivity contribution in [2.75, 3.05) is 16.4 Å². The Hall–Kier alpha value is -2.68. The first-order valence-electron chi connectivity index (χ1n) is 10.3. The van der Waals surface area contributed by atoms with Crippen molar-refractivity contribution in [3.63, 3.8) is 0 Å². The highest BCUT2D eigenvalue weighted by Crippen LogP contribution is 2.48. The molecule has 32 heavy (non-hydrogen) atoms. The number of hydrogen-bond acceptors (Lipinski definition) is 5. The van der Waals surface area contributed by atoms with Gasteiger partial charge in [0.25, 0.3) is 0 Å². The smallest absolute Gasteiger partial charge is 0.241 e. The van der Waals surface area contributed by atoms with Gasteiger partial charge in [-0.25, -0.2) is 17.2 Å². The monoisotopic (exact) mass is 462 g/mol. The largest absolute Gasteiger partial charge is 0.294 e. The molecule has 0 radical (unpaired) electrons. The molecule has 0 bridgehead atoms. The summed E-state index contributed by atoms with van der Waals surface area (Å²) in [5.41, 5.74) is -1.28. The molecular formula is C23H24F2N2O4S. The number of benzene rings is 1. The summed E-state index contributed by atoms with van der Waals surface area (Å²) in [6.07, 6.45) is 1.31. The zero-order valence-corrected chi connectivity index (χ0v) is 19.1. The number of carbonyl (C=O) groups is 2. The van der Waals surface area contributed by atoms with E-state index in [1.165, 1.54) is 12.1 Å². The molecule has 0 spiro atoms. The van der Waals surface area contributed by atoms with Crippen molar-refractivity contribution in [2.45, 2.75) is 46.0 Å². The van der Waals surface area contributed by atoms with Crippen LogP contribution in [0, 0.1) is 24.0 Å². The van der Waals surface area contributed by atoms with Crippen LogP contribution in [-0.2, 0) is 20.0 Å². The van der Waals surface area contributed by atoms with Crippen LogP contribution >= 0.6 is 0 Å². The number of sulfone groups is 1. The standard InChI is InChI=1S/C23H24F2N2O4S/c1-13-7-18(17(25)11-26-13)27-20-15(22(2,3)21(27)29)8-14(9-16(20)24)19(28)10-23(4)5-6-32(30,31)12-23/h7-9,11H,5-6,10,12H2,1-4H3/t23-/m1/s1. The van der Waals surface area contributed by atoms with Crippen molar-refractivity contribution < 1.29 is 26.8 Å². The van der Waals surface area contributed by atoms with Crippen molar-refractivity contribution in [1.29, 1.82) is 0 Å². The second kappa shape index (κ2) is 7.16. The molecule has 2 aliphatic heterocycles. The fourth-order valence-electron chi connectivity index (χ4n) is 4.60. The Balaban J connectivity index is 1.77. The number of amides is 1. The molecule has 6 nitrogen and oxygen atoms in total. The maximum Gasteiger partial charge on any atom is 0.241 e. The number of aryl methyl sites for hydroxylation is 1. The average molecular weight is 463 g/mol. The van der Waals surface area contributed by atoms with Crippen LogP contribution in [0.2, 0.25) is 0 Å². The first kappa shape index (κ1) is 22.5. The van der Waals surface area contributed by atoms with Gasteiger partial charge >= 0.3 is 0 Å². The molecular weight excluding hydrogens is 438 g/mol. The summed E-state index contributed by atoms with van der Waals surface area (Å²) < 4.78 is 53.6. The SMILES string of the molecule is Cc1cc(N2C(=O)C(C)(C)c3cc(C(=O)C[C@@]4(C)CCS(=O)(=O)C4)cc(F)c32)c(F)cn1. The number of carbonyl (C=O) groups excluding carboxylic acids is 2. The summed E-state index contributed by atoms with van der Waals surface area (Å²) in [5.74, 6) is -2.54. The Morgan fingerprint density at radius 1 is 1.16 bits per heavy atom. The van der Waals surface area contributed by atoms with Gasteiger partial charge < -0.3 is 0 Å². The van der Waals surface area contributed by atoms with Crippen molar-refractivity contribution in [3.8, 4) is 0 Å². The van der Waals surface area contributed by atoms with Gasteiger partial charge in [-0.1, -0.05) is 6.92 Å². The van der Waals surface area contributed by atoms with E-state index in [4.69, 9.17) is 0 Å². The molecule has 2 aliphatic rings. The van der Waals surface area contributed by atoms with E-state index in [0.29, 0.717) is 12.1 Å². The lowest BCUT2D eigenvalue weighted by Gasteiger charge is -2.21. The predicted molar refractivity (Wildman–Crippen MR) is 116 cm³/mol. The highest BCUT2D eigenvalue weighted by molar-refractivity contribution is 7.91. The minimum Gasteiger partial charge on any atom is -0.294 e. The van der Waals surface area contributed by atoms with Gasteiger partial charge in [0.05, 0.1) is 34.5 Å². The summed E-state index contributed by atoms with van der Waals surface area (Å²) in [4.78, 5) is 31.1. The molecule has 0 N–H and O–H groups in total. The van der Waals surface area contributed by atoms with Crippen LogP contribution in [0.1, 0.15) is 55.2 Å². The van der Waals surface area contributed by atoms with Crippen molar-refractivity contribution in [3.05, 3.63) is 52.9 Å². The molecule has 0 saturated carbocycles. The van der Waals surface area contributed by atoms with Crippen molar-refractivity contribution in [1.82, 2.24) is 4.98 Å². The fraction of sp³-hybridized carbons (Fsp3) is 0.435. The Morgan fingerprint density at radius 2 is 1.84 bits per heavy atom. The number of rotatable bonds is 4. The Bertz CT molecular complexity index is 1270. The molecule has 4 rings (SSSR count). The van der Waals surface area contributed by atoms with E-state index in [2.05, 4.69) is 4.98 Å². The summed E-state index contributed by atoms with van der Waals surface area (Å²) in [5, 5.41) is 0. The second-order valence-electron chi connectivity index (χ2n) is 9.65. The number of pyridine rings is 1. The van der Waals surface area contributed by atoms with Gasteiger partial charge in [-0.3, -0.25) is 19.5 Å². The summed E-state index contributed by atoms with van der Waals surface area (Å²) >= 11 is 0. The lowest BCUT2D eigenvalue weighted by Crippen LogP contribution is -2.33. The summed E-state index contributed by atoms with van der Waals surface area (Å²) in [6, 6.07) is 3.89. The molecule has 0 unspecified atom stereocenters. The zero-order chi connectivity index (χ0) is 23.6. The number of aromatic nitrogens is 1. The van der Waals surface area contributed by atoms with E-state index in [0.717, 1.165) is 17.2 Å².